The van der Waals surface area contributed by atoms with E-state index in [2.05, 4.69) is 10.6 Å². The molecule has 8 heteroatoms. The highest BCUT2D eigenvalue weighted by Crippen LogP contribution is 2.26. The zero-order chi connectivity index (χ0) is 21.9. The molecule has 1 saturated heterocycles. The van der Waals surface area contributed by atoms with Crippen molar-refractivity contribution in [3.05, 3.63) is 23.8 Å². The number of benzene rings is 1. The van der Waals surface area contributed by atoms with E-state index in [1.54, 1.807) is 22.9 Å². The largest absolute Gasteiger partial charge is 0.444 e. The van der Waals surface area contributed by atoms with Gasteiger partial charge < -0.3 is 25.2 Å². The Balaban J connectivity index is 1.54. The second kappa shape index (κ2) is 8.93. The molecule has 0 bridgehead atoms. The average molecular weight is 417 g/mol. The first kappa shape index (κ1) is 21.9. The van der Waals surface area contributed by atoms with Crippen LogP contribution in [0.3, 0.4) is 0 Å². The Bertz CT molecular complexity index is 818. The molecule has 0 aromatic heterocycles. The SMILES string of the molecule is CN(CC1CCCN(C(=O)Nc2ccc3c(c2)CCC(=O)N3)C1)C(=O)OC(C)(C)C. The fourth-order valence-corrected chi connectivity index (χ4v) is 3.86. The molecule has 1 aromatic carbocycles. The summed E-state index contributed by atoms with van der Waals surface area (Å²) in [6, 6.07) is 5.42. The highest BCUT2D eigenvalue weighted by Gasteiger charge is 2.27. The molecule has 0 radical (unpaired) electrons. The fourth-order valence-electron chi connectivity index (χ4n) is 3.86. The van der Waals surface area contributed by atoms with Crippen molar-refractivity contribution >= 4 is 29.4 Å². The summed E-state index contributed by atoms with van der Waals surface area (Å²) in [5, 5.41) is 5.82. The van der Waals surface area contributed by atoms with Crippen LogP contribution in [0, 0.1) is 5.92 Å². The molecule has 1 unspecified atom stereocenters. The first-order valence-electron chi connectivity index (χ1n) is 10.5. The number of urea groups is 1. The van der Waals surface area contributed by atoms with Crippen LogP contribution in [-0.4, -0.2) is 60.1 Å². The van der Waals surface area contributed by atoms with Gasteiger partial charge in [0.15, 0.2) is 0 Å². The van der Waals surface area contributed by atoms with Crippen LogP contribution in [0.25, 0.3) is 0 Å². The van der Waals surface area contributed by atoms with Crippen LogP contribution in [-0.2, 0) is 16.0 Å². The second-order valence-corrected chi connectivity index (χ2v) is 9.17. The number of hydrogen-bond donors (Lipinski definition) is 2. The van der Waals surface area contributed by atoms with Crippen LogP contribution >= 0.6 is 0 Å². The Morgan fingerprint density at radius 2 is 2.07 bits per heavy atom. The zero-order valence-electron chi connectivity index (χ0n) is 18.3. The lowest BCUT2D eigenvalue weighted by molar-refractivity contribution is -0.116. The minimum Gasteiger partial charge on any atom is -0.444 e. The molecule has 0 saturated carbocycles. The molecule has 8 nitrogen and oxygen atoms in total. The summed E-state index contributed by atoms with van der Waals surface area (Å²) < 4.78 is 5.41. The summed E-state index contributed by atoms with van der Waals surface area (Å²) in [6.07, 6.45) is 2.66. The monoisotopic (exact) mass is 416 g/mol. The molecule has 30 heavy (non-hydrogen) atoms. The molecule has 3 rings (SSSR count). The molecular weight excluding hydrogens is 384 g/mol. The van der Waals surface area contributed by atoms with Gasteiger partial charge in [0.05, 0.1) is 0 Å². The van der Waals surface area contributed by atoms with Gasteiger partial charge in [-0.05, 0) is 69.7 Å². The number of carbonyl (C=O) groups is 3. The Kier molecular flexibility index (Phi) is 6.53. The lowest BCUT2D eigenvalue weighted by Crippen LogP contribution is -2.46. The van der Waals surface area contributed by atoms with E-state index in [-0.39, 0.29) is 23.9 Å². The number of likely N-dealkylation sites (tertiary alicyclic amines) is 1. The number of fused-ring (bicyclic) bond motifs is 1. The third-order valence-electron chi connectivity index (χ3n) is 5.30. The highest BCUT2D eigenvalue weighted by molar-refractivity contribution is 5.95. The summed E-state index contributed by atoms with van der Waals surface area (Å²) in [5.74, 6) is 0.232. The van der Waals surface area contributed by atoms with Crippen LogP contribution in [0.15, 0.2) is 18.2 Å². The predicted octanol–water partition coefficient (Wildman–Crippen LogP) is 3.68. The molecule has 2 heterocycles. The molecule has 1 atom stereocenters. The molecule has 1 aromatic rings. The Labute approximate surface area is 177 Å². The van der Waals surface area contributed by atoms with Gasteiger partial charge in [0, 0.05) is 44.5 Å². The molecule has 0 spiro atoms. The normalized spacial score (nSPS) is 18.9. The maximum Gasteiger partial charge on any atom is 0.410 e. The van der Waals surface area contributed by atoms with Crippen molar-refractivity contribution in [3.63, 3.8) is 0 Å². The number of rotatable bonds is 3. The number of aryl methyl sites for hydroxylation is 1. The van der Waals surface area contributed by atoms with Crippen molar-refractivity contribution in [2.45, 2.75) is 52.1 Å². The van der Waals surface area contributed by atoms with Gasteiger partial charge in [0.2, 0.25) is 5.91 Å². The van der Waals surface area contributed by atoms with Crippen LogP contribution in [0.2, 0.25) is 0 Å². The second-order valence-electron chi connectivity index (χ2n) is 9.17. The minimum absolute atomic E-state index is 0.0231. The van der Waals surface area contributed by atoms with E-state index in [1.807, 2.05) is 32.9 Å². The van der Waals surface area contributed by atoms with Gasteiger partial charge in [-0.1, -0.05) is 0 Å². The van der Waals surface area contributed by atoms with Gasteiger partial charge in [0.25, 0.3) is 0 Å². The molecule has 164 valence electrons. The number of anilines is 2. The van der Waals surface area contributed by atoms with Gasteiger partial charge in [-0.3, -0.25) is 4.79 Å². The molecule has 4 amide bonds. The lowest BCUT2D eigenvalue weighted by Gasteiger charge is -2.35. The molecule has 2 N–H and O–H groups in total. The predicted molar refractivity (Wildman–Crippen MR) is 116 cm³/mol. The first-order chi connectivity index (χ1) is 14.1. The van der Waals surface area contributed by atoms with Crippen molar-refractivity contribution in [2.75, 3.05) is 37.3 Å². The van der Waals surface area contributed by atoms with Crippen LogP contribution in [0.1, 0.15) is 45.6 Å². The maximum absolute atomic E-state index is 12.8. The summed E-state index contributed by atoms with van der Waals surface area (Å²) in [7, 11) is 1.74. The quantitative estimate of drug-likeness (QED) is 0.786. The van der Waals surface area contributed by atoms with Gasteiger partial charge in [0.1, 0.15) is 5.60 Å². The van der Waals surface area contributed by atoms with Crippen molar-refractivity contribution < 1.29 is 19.1 Å². The highest BCUT2D eigenvalue weighted by atomic mass is 16.6. The summed E-state index contributed by atoms with van der Waals surface area (Å²) in [6.45, 7) is 7.39. The van der Waals surface area contributed by atoms with Crippen molar-refractivity contribution in [1.82, 2.24) is 9.80 Å². The van der Waals surface area contributed by atoms with Crippen LogP contribution in [0.5, 0.6) is 0 Å². The lowest BCUT2D eigenvalue weighted by atomic mass is 9.98. The standard InChI is InChI=1S/C22H32N4O4/c1-22(2,3)30-21(29)25(4)13-15-6-5-11-26(14-15)20(28)23-17-8-9-18-16(12-17)7-10-19(27)24-18/h8-9,12,15H,5-7,10-11,13-14H2,1-4H3,(H,23,28)(H,24,27). The maximum atomic E-state index is 12.8. The zero-order valence-corrected chi connectivity index (χ0v) is 18.3. The summed E-state index contributed by atoms with van der Waals surface area (Å²) >= 11 is 0. The molecular formula is C22H32N4O4. The van der Waals surface area contributed by atoms with Crippen LogP contribution < -0.4 is 10.6 Å². The van der Waals surface area contributed by atoms with Gasteiger partial charge in [-0.15, -0.1) is 0 Å². The minimum atomic E-state index is -0.526. The van der Waals surface area contributed by atoms with E-state index < -0.39 is 5.60 Å². The fraction of sp³-hybridized carbons (Fsp3) is 0.591. The molecule has 0 aliphatic carbocycles. The van der Waals surface area contributed by atoms with Gasteiger partial charge in [-0.25, -0.2) is 9.59 Å². The third-order valence-corrected chi connectivity index (χ3v) is 5.30. The smallest absolute Gasteiger partial charge is 0.410 e. The molecule has 2 aliphatic rings. The van der Waals surface area contributed by atoms with E-state index in [0.717, 1.165) is 29.8 Å². The third kappa shape index (κ3) is 5.87. The van der Waals surface area contributed by atoms with Gasteiger partial charge >= 0.3 is 12.1 Å². The van der Waals surface area contributed by atoms with Crippen molar-refractivity contribution in [3.8, 4) is 0 Å². The van der Waals surface area contributed by atoms with E-state index in [4.69, 9.17) is 4.74 Å². The summed E-state index contributed by atoms with van der Waals surface area (Å²) in [5.41, 5.74) is 2.04. The molecule has 1 fully saturated rings. The van der Waals surface area contributed by atoms with E-state index in [0.29, 0.717) is 32.5 Å². The number of piperidine rings is 1. The van der Waals surface area contributed by atoms with E-state index in [1.165, 1.54) is 0 Å². The Hall–Kier alpha value is -2.77. The van der Waals surface area contributed by atoms with Crippen molar-refractivity contribution in [1.29, 1.82) is 0 Å². The molecule has 2 aliphatic heterocycles. The number of carbonyl (C=O) groups excluding carboxylic acids is 3. The number of amides is 4. The number of hydrogen-bond acceptors (Lipinski definition) is 4. The Morgan fingerprint density at radius 1 is 1.30 bits per heavy atom. The van der Waals surface area contributed by atoms with Crippen LogP contribution in [0.4, 0.5) is 21.0 Å². The number of nitrogens with one attached hydrogen (secondary N) is 2. The number of ether oxygens (including phenoxy) is 1. The van der Waals surface area contributed by atoms with E-state index in [9.17, 15) is 14.4 Å². The van der Waals surface area contributed by atoms with E-state index >= 15 is 0 Å². The first-order valence-corrected chi connectivity index (χ1v) is 10.5. The Morgan fingerprint density at radius 3 is 2.80 bits per heavy atom. The van der Waals surface area contributed by atoms with Crippen molar-refractivity contribution in [2.24, 2.45) is 5.92 Å². The average Bonchev–Trinajstić information content (AvgIpc) is 2.67. The topological polar surface area (TPSA) is 91.0 Å². The summed E-state index contributed by atoms with van der Waals surface area (Å²) in [4.78, 5) is 39.9. The number of nitrogens with zero attached hydrogens (tertiary/aromatic N) is 2. The van der Waals surface area contributed by atoms with Gasteiger partial charge in [-0.2, -0.15) is 0 Å².